The van der Waals surface area contributed by atoms with Crippen molar-refractivity contribution in [3.8, 4) is 72.5 Å². The zero-order valence-corrected chi connectivity index (χ0v) is 59.8. The highest BCUT2D eigenvalue weighted by atomic mass is 32.1. The molecule has 4 nitrogen and oxygen atoms in total. The molecule has 0 amide bonds. The van der Waals surface area contributed by atoms with Crippen LogP contribution in [0.1, 0.15) is 244 Å². The molecule has 0 bridgehead atoms. The second-order valence-electron chi connectivity index (χ2n) is 28.6. The molecule has 10 aromatic rings. The third kappa shape index (κ3) is 15.2. The van der Waals surface area contributed by atoms with E-state index < -0.39 is 0 Å². The molecule has 0 radical (unpaired) electrons. The van der Waals surface area contributed by atoms with Crippen LogP contribution < -0.4 is 9.64 Å². The van der Waals surface area contributed by atoms with Crippen LogP contribution in [0.15, 0.2) is 194 Å². The van der Waals surface area contributed by atoms with Crippen LogP contribution in [0.2, 0.25) is 0 Å². The summed E-state index contributed by atoms with van der Waals surface area (Å²) in [5.41, 5.74) is 26.9. The largest absolute Gasteiger partial charge is 0.491 e. The van der Waals surface area contributed by atoms with E-state index in [9.17, 15) is 0 Å². The molecule has 498 valence electrons. The van der Waals surface area contributed by atoms with Crippen molar-refractivity contribution in [1.29, 1.82) is 0 Å². The summed E-state index contributed by atoms with van der Waals surface area (Å²) in [6, 6.07) is 74.4. The number of unbranched alkanes of at least 4 members (excludes halogenated alkanes) is 20. The van der Waals surface area contributed by atoms with Gasteiger partial charge < -0.3 is 9.64 Å². The molecule has 0 spiro atoms. The van der Waals surface area contributed by atoms with E-state index in [1.54, 1.807) is 0 Å². The third-order valence-electron chi connectivity index (χ3n) is 21.6. The Balaban J connectivity index is 0.921. The first kappa shape index (κ1) is 68.3. The number of anilines is 3. The lowest BCUT2D eigenvalue weighted by Crippen LogP contribution is -2.25. The predicted molar refractivity (Wildman–Crippen MR) is 414 cm³/mol. The van der Waals surface area contributed by atoms with Gasteiger partial charge in [0.1, 0.15) is 16.8 Å². The summed E-state index contributed by atoms with van der Waals surface area (Å²) in [5.74, 6) is 0.925. The van der Waals surface area contributed by atoms with Gasteiger partial charge in [0.05, 0.1) is 17.8 Å². The quantitative estimate of drug-likeness (QED) is 0.0364. The molecule has 12 rings (SSSR count). The lowest BCUT2D eigenvalue weighted by molar-refractivity contribution is 0.242. The van der Waals surface area contributed by atoms with Gasteiger partial charge >= 0.3 is 0 Å². The fraction of sp³-hybridized carbons (Fsp3) is 0.407. The number of fused-ring (bicyclic) bond motifs is 7. The van der Waals surface area contributed by atoms with E-state index in [1.807, 2.05) is 0 Å². The normalized spacial score (nSPS) is 13.3. The van der Waals surface area contributed by atoms with Crippen LogP contribution in [0, 0.1) is 0 Å². The Morgan fingerprint density at radius 1 is 0.312 bits per heavy atom. The first-order valence-corrected chi connectivity index (χ1v) is 38.6. The first-order valence-electron chi connectivity index (χ1n) is 37.9. The van der Waals surface area contributed by atoms with Crippen molar-refractivity contribution in [2.45, 2.75) is 238 Å². The lowest BCUT2D eigenvalue weighted by atomic mass is 9.69. The highest BCUT2D eigenvalue weighted by molar-refractivity contribution is 7.00. The summed E-state index contributed by atoms with van der Waals surface area (Å²) in [6.45, 7) is 13.5. The number of hydrogen-bond acceptors (Lipinski definition) is 5. The highest BCUT2D eigenvalue weighted by Crippen LogP contribution is 2.58. The van der Waals surface area contributed by atoms with Crippen molar-refractivity contribution in [3.63, 3.8) is 0 Å². The molecule has 2 aliphatic rings. The van der Waals surface area contributed by atoms with Crippen LogP contribution in [0.4, 0.5) is 17.1 Å². The maximum Gasteiger partial charge on any atom is 0.119 e. The number of benzene rings is 9. The summed E-state index contributed by atoms with van der Waals surface area (Å²) >= 11 is 1.37. The molecule has 0 atom stereocenters. The molecule has 0 saturated carbocycles. The summed E-state index contributed by atoms with van der Waals surface area (Å²) in [7, 11) is 0. The minimum absolute atomic E-state index is 0.0931. The van der Waals surface area contributed by atoms with Crippen molar-refractivity contribution >= 4 is 39.8 Å². The monoisotopic (exact) mass is 1290 g/mol. The summed E-state index contributed by atoms with van der Waals surface area (Å²) in [6.07, 6.45) is 35.7. The van der Waals surface area contributed by atoms with Crippen LogP contribution in [0.25, 0.3) is 77.8 Å². The number of para-hydroxylation sites is 2. The van der Waals surface area contributed by atoms with E-state index in [0.29, 0.717) is 0 Å². The van der Waals surface area contributed by atoms with Crippen molar-refractivity contribution < 1.29 is 4.74 Å². The number of aromatic nitrogens is 2. The van der Waals surface area contributed by atoms with E-state index >= 15 is 0 Å². The second kappa shape index (κ2) is 33.1. The van der Waals surface area contributed by atoms with E-state index in [1.165, 1.54) is 255 Å². The van der Waals surface area contributed by atoms with Gasteiger partial charge in [0, 0.05) is 39.0 Å². The summed E-state index contributed by atoms with van der Waals surface area (Å²) in [5, 5.41) is 0. The molecular formula is C91H107N3OS. The van der Waals surface area contributed by atoms with Gasteiger partial charge in [0.15, 0.2) is 0 Å². The first-order chi connectivity index (χ1) is 47.3. The second-order valence-corrected chi connectivity index (χ2v) is 29.2. The minimum atomic E-state index is -0.115. The Morgan fingerprint density at radius 2 is 0.604 bits per heavy atom. The molecule has 0 saturated heterocycles. The van der Waals surface area contributed by atoms with Gasteiger partial charge in [-0.3, -0.25) is 0 Å². The molecule has 2 aliphatic carbocycles. The maximum atomic E-state index is 6.12. The molecule has 1 heterocycles. The Bertz CT molecular complexity index is 4020. The molecule has 0 N–H and O–H groups in total. The lowest BCUT2D eigenvalue weighted by Gasteiger charge is -2.33. The molecule has 5 heteroatoms. The smallest absolute Gasteiger partial charge is 0.119 e. The Labute approximate surface area is 581 Å². The zero-order chi connectivity index (χ0) is 66.1. The van der Waals surface area contributed by atoms with E-state index in [2.05, 4.69) is 241 Å². The van der Waals surface area contributed by atoms with Gasteiger partial charge in [-0.15, -0.1) is 0 Å². The topological polar surface area (TPSA) is 38.2 Å². The van der Waals surface area contributed by atoms with E-state index in [4.69, 9.17) is 13.5 Å². The molecule has 0 fully saturated rings. The number of ether oxygens (including phenoxy) is 1. The fourth-order valence-corrected chi connectivity index (χ4v) is 17.1. The number of hydrogen-bond donors (Lipinski definition) is 0. The molecule has 0 aliphatic heterocycles. The zero-order valence-electron chi connectivity index (χ0n) is 59.0. The molecule has 1 aromatic heterocycles. The van der Waals surface area contributed by atoms with Gasteiger partial charge in [-0.25, -0.2) is 0 Å². The summed E-state index contributed by atoms with van der Waals surface area (Å²) in [4.78, 5) is 2.36. The standard InChI is InChI=1S/C91H107N3OS/c1-7-11-15-19-23-33-59-90(60-34-24-20-16-12-8-2)84-63-70(68-41-49-76(50-42-68)94(74-37-29-27-30-38-74)75-39-31-28-32-40-75)45-53-80(84)82-55-47-72(65-86(82)90)78-57-58-79(89-88(78)92-96-93-89)73-48-56-83-81-54-46-71(69-43-51-77(52-44-69)95-67(5)6)64-85(81)91(87(83)66-73,61-35-25-21-17-13-9-3)62-36-26-22-18-14-10-4/h27-32,37-58,63-67H,7-26,33-36,59-62H2,1-6H3. The van der Waals surface area contributed by atoms with E-state index in [0.717, 1.165) is 59.5 Å². The highest BCUT2D eigenvalue weighted by Gasteiger charge is 2.44. The van der Waals surface area contributed by atoms with Crippen LogP contribution in [0.3, 0.4) is 0 Å². The average molecular weight is 1290 g/mol. The van der Waals surface area contributed by atoms with Crippen molar-refractivity contribution in [2.75, 3.05) is 4.90 Å². The molecule has 0 unspecified atom stereocenters. The maximum absolute atomic E-state index is 6.12. The Kier molecular flexibility index (Phi) is 23.6. The van der Waals surface area contributed by atoms with Crippen LogP contribution >= 0.6 is 11.7 Å². The van der Waals surface area contributed by atoms with Gasteiger partial charge in [-0.1, -0.05) is 303 Å². The predicted octanol–water partition coefficient (Wildman–Crippen LogP) is 28.2. The molecular weight excluding hydrogens is 1180 g/mol. The van der Waals surface area contributed by atoms with Crippen molar-refractivity contribution in [2.24, 2.45) is 0 Å². The van der Waals surface area contributed by atoms with Gasteiger partial charge in [0.25, 0.3) is 0 Å². The third-order valence-corrected chi connectivity index (χ3v) is 22.2. The van der Waals surface area contributed by atoms with Crippen molar-refractivity contribution in [3.05, 3.63) is 216 Å². The van der Waals surface area contributed by atoms with Crippen LogP contribution in [-0.2, 0) is 10.8 Å². The van der Waals surface area contributed by atoms with Crippen LogP contribution in [0.5, 0.6) is 5.75 Å². The SMILES string of the molecule is CCCCCCCCC1(CCCCCCCC)c2cc(-c3ccc(OC(C)C)cc3)ccc2-c2ccc(-c3ccc(-c4ccc5c(c4)C(CCCCCCCC)(CCCCCCCC)c4cc(-c6ccc(N(c7ccccc7)c7ccccc7)cc6)ccc4-5)c4nsnc34)cc21. The van der Waals surface area contributed by atoms with E-state index in [-0.39, 0.29) is 16.9 Å². The molecule has 9 aromatic carbocycles. The summed E-state index contributed by atoms with van der Waals surface area (Å²) < 4.78 is 16.7. The van der Waals surface area contributed by atoms with Crippen molar-refractivity contribution in [1.82, 2.24) is 8.75 Å². The number of nitrogens with zero attached hydrogens (tertiary/aromatic N) is 3. The average Bonchev–Trinajstić information content (AvgIpc) is 1.56. The fourth-order valence-electron chi connectivity index (χ4n) is 16.6. The number of rotatable bonds is 37. The Morgan fingerprint density at radius 3 is 0.958 bits per heavy atom. The molecule has 96 heavy (non-hydrogen) atoms. The Hall–Kier alpha value is -7.60. The van der Waals surface area contributed by atoms with Gasteiger partial charge in [-0.05, 0) is 190 Å². The van der Waals surface area contributed by atoms with Gasteiger partial charge in [0.2, 0.25) is 0 Å². The van der Waals surface area contributed by atoms with Gasteiger partial charge in [-0.2, -0.15) is 8.75 Å². The minimum Gasteiger partial charge on any atom is -0.491 e. The van der Waals surface area contributed by atoms with Crippen LogP contribution in [-0.4, -0.2) is 14.9 Å².